The average Bonchev–Trinajstić information content (AvgIpc) is 2.86. The highest BCUT2D eigenvalue weighted by atomic mass is 32.2. The van der Waals surface area contributed by atoms with Crippen molar-refractivity contribution in [1.82, 2.24) is 9.80 Å². The van der Waals surface area contributed by atoms with Gasteiger partial charge in [0.15, 0.2) is 14.9 Å². The Hall–Kier alpha value is -1.18. The van der Waals surface area contributed by atoms with Gasteiger partial charge in [-0.2, -0.15) is 0 Å². The van der Waals surface area contributed by atoms with Crippen molar-refractivity contribution in [2.24, 2.45) is 0 Å². The molecule has 1 fully saturated rings. The molecule has 1 N–H and O–H groups in total. The Morgan fingerprint density at radius 3 is 2.60 bits per heavy atom. The van der Waals surface area contributed by atoms with Gasteiger partial charge in [-0.15, -0.1) is 0 Å². The monoisotopic (exact) mass is 383 g/mol. The summed E-state index contributed by atoms with van der Waals surface area (Å²) in [5.74, 6) is 0.456. The molecule has 0 amide bonds. The van der Waals surface area contributed by atoms with Crippen LogP contribution in [0, 0.1) is 13.8 Å². The number of hydrogen-bond donors (Lipinski definition) is 1. The lowest BCUT2D eigenvalue weighted by atomic mass is 10.1. The number of anilines is 1. The molecule has 0 saturated carbocycles. The van der Waals surface area contributed by atoms with E-state index in [-0.39, 0.29) is 17.5 Å². The maximum absolute atomic E-state index is 11.9. The summed E-state index contributed by atoms with van der Waals surface area (Å²) in [4.78, 5) is 4.20. The van der Waals surface area contributed by atoms with E-state index in [1.165, 1.54) is 5.56 Å². The second-order valence-corrected chi connectivity index (χ2v) is 9.77. The number of benzene rings is 1. The van der Waals surface area contributed by atoms with Crippen molar-refractivity contribution in [2.45, 2.75) is 32.7 Å². The zero-order valence-electron chi connectivity index (χ0n) is 15.6. The summed E-state index contributed by atoms with van der Waals surface area (Å²) < 4.78 is 23.8. The Kier molecular flexibility index (Phi) is 6.82. The molecule has 1 heterocycles. The molecule has 5 nitrogen and oxygen atoms in total. The topological polar surface area (TPSA) is 52.6 Å². The van der Waals surface area contributed by atoms with Gasteiger partial charge in [0.2, 0.25) is 0 Å². The highest BCUT2D eigenvalue weighted by Crippen LogP contribution is 2.21. The van der Waals surface area contributed by atoms with Crippen molar-refractivity contribution in [3.8, 4) is 0 Å². The number of hydrogen-bond acceptors (Lipinski definition) is 4. The van der Waals surface area contributed by atoms with Gasteiger partial charge in [-0.3, -0.25) is 0 Å². The van der Waals surface area contributed by atoms with Crippen LogP contribution in [0.4, 0.5) is 5.69 Å². The molecule has 1 saturated heterocycles. The molecule has 1 aliphatic rings. The van der Waals surface area contributed by atoms with E-state index in [1.807, 2.05) is 27.9 Å². The predicted molar refractivity (Wildman–Crippen MR) is 109 cm³/mol. The lowest BCUT2D eigenvalue weighted by Gasteiger charge is -2.32. The third-order valence-corrected chi connectivity index (χ3v) is 6.64. The highest BCUT2D eigenvalue weighted by molar-refractivity contribution is 7.91. The third-order valence-electron chi connectivity index (χ3n) is 4.55. The first kappa shape index (κ1) is 20.1. The van der Waals surface area contributed by atoms with Crippen LogP contribution in [0.5, 0.6) is 0 Å². The third kappa shape index (κ3) is 5.94. The molecule has 25 heavy (non-hydrogen) atoms. The first-order valence-electron chi connectivity index (χ1n) is 8.68. The van der Waals surface area contributed by atoms with E-state index in [9.17, 15) is 8.42 Å². The molecule has 1 aliphatic heterocycles. The Labute approximate surface area is 157 Å². The van der Waals surface area contributed by atoms with Crippen LogP contribution in [0.2, 0.25) is 0 Å². The molecule has 7 heteroatoms. The van der Waals surface area contributed by atoms with Gasteiger partial charge >= 0.3 is 0 Å². The van der Waals surface area contributed by atoms with E-state index in [0.717, 1.165) is 30.8 Å². The van der Waals surface area contributed by atoms with Gasteiger partial charge in [-0.25, -0.2) is 8.42 Å². The normalized spacial score (nSPS) is 19.2. The molecule has 0 bridgehead atoms. The zero-order chi connectivity index (χ0) is 18.6. The maximum atomic E-state index is 11.9. The van der Waals surface area contributed by atoms with E-state index in [1.54, 1.807) is 0 Å². The summed E-state index contributed by atoms with van der Waals surface area (Å²) in [6, 6.07) is 6.18. The molecular formula is C18H29N3O2S2. The lowest BCUT2D eigenvalue weighted by Crippen LogP contribution is -2.44. The number of thiocarbonyl (C=S) groups is 1. The molecule has 0 aromatic heterocycles. The summed E-state index contributed by atoms with van der Waals surface area (Å²) >= 11 is 5.66. The van der Waals surface area contributed by atoms with Crippen molar-refractivity contribution >= 4 is 32.9 Å². The molecule has 0 aliphatic carbocycles. The van der Waals surface area contributed by atoms with Crippen LogP contribution >= 0.6 is 12.2 Å². The second-order valence-electron chi connectivity index (χ2n) is 7.16. The SMILES string of the molecule is Cc1ccc(C)c(NC(=S)N(CCCN(C)C)[C@H]2CCS(=O)(=O)C2)c1. The van der Waals surface area contributed by atoms with Gasteiger partial charge < -0.3 is 15.1 Å². The molecule has 2 rings (SSSR count). The molecule has 140 valence electrons. The minimum absolute atomic E-state index is 0.0303. The number of aryl methyl sites for hydroxylation is 2. The highest BCUT2D eigenvalue weighted by Gasteiger charge is 2.33. The van der Waals surface area contributed by atoms with Crippen LogP contribution in [-0.4, -0.2) is 68.1 Å². The smallest absolute Gasteiger partial charge is 0.173 e. The fraction of sp³-hybridized carbons (Fsp3) is 0.611. The Morgan fingerprint density at radius 1 is 1.28 bits per heavy atom. The van der Waals surface area contributed by atoms with E-state index >= 15 is 0 Å². The average molecular weight is 384 g/mol. The van der Waals surface area contributed by atoms with Crippen LogP contribution in [0.25, 0.3) is 0 Å². The summed E-state index contributed by atoms with van der Waals surface area (Å²) in [6.45, 7) is 5.80. The number of nitrogens with zero attached hydrogens (tertiary/aromatic N) is 2. The van der Waals surface area contributed by atoms with Crippen LogP contribution in [0.1, 0.15) is 24.0 Å². The maximum Gasteiger partial charge on any atom is 0.173 e. The van der Waals surface area contributed by atoms with Crippen molar-refractivity contribution in [3.63, 3.8) is 0 Å². The second kappa shape index (κ2) is 8.47. The van der Waals surface area contributed by atoms with Gasteiger partial charge in [0.1, 0.15) is 0 Å². The van der Waals surface area contributed by atoms with Gasteiger partial charge in [-0.1, -0.05) is 12.1 Å². The first-order valence-corrected chi connectivity index (χ1v) is 10.9. The van der Waals surface area contributed by atoms with Crippen molar-refractivity contribution in [3.05, 3.63) is 29.3 Å². The summed E-state index contributed by atoms with van der Waals surface area (Å²) in [7, 11) is 1.13. The van der Waals surface area contributed by atoms with E-state index in [0.29, 0.717) is 11.5 Å². The Morgan fingerprint density at radius 2 is 2.00 bits per heavy atom. The Bertz CT molecular complexity index is 717. The molecule has 1 aromatic carbocycles. The van der Waals surface area contributed by atoms with Crippen LogP contribution < -0.4 is 5.32 Å². The van der Waals surface area contributed by atoms with Crippen molar-refractivity contribution < 1.29 is 8.42 Å². The van der Waals surface area contributed by atoms with Crippen molar-refractivity contribution in [2.75, 3.05) is 44.0 Å². The minimum atomic E-state index is -2.94. The predicted octanol–water partition coefficient (Wildman–Crippen LogP) is 2.44. The fourth-order valence-corrected chi connectivity index (χ4v) is 5.17. The van der Waals surface area contributed by atoms with E-state index < -0.39 is 9.84 Å². The lowest BCUT2D eigenvalue weighted by molar-refractivity contribution is 0.306. The quantitative estimate of drug-likeness (QED) is 0.762. The van der Waals surface area contributed by atoms with Crippen molar-refractivity contribution in [1.29, 1.82) is 0 Å². The first-order chi connectivity index (χ1) is 11.7. The van der Waals surface area contributed by atoms with Gasteiger partial charge in [0, 0.05) is 18.3 Å². The summed E-state index contributed by atoms with van der Waals surface area (Å²) in [6.07, 6.45) is 1.59. The summed E-state index contributed by atoms with van der Waals surface area (Å²) in [5, 5.41) is 3.96. The largest absolute Gasteiger partial charge is 0.345 e. The number of rotatable bonds is 6. The van der Waals surface area contributed by atoms with Crippen LogP contribution in [-0.2, 0) is 9.84 Å². The van der Waals surface area contributed by atoms with E-state index in [2.05, 4.69) is 33.3 Å². The van der Waals surface area contributed by atoms with Gasteiger partial charge in [0.05, 0.1) is 11.5 Å². The summed E-state index contributed by atoms with van der Waals surface area (Å²) in [5.41, 5.74) is 3.28. The van der Waals surface area contributed by atoms with Gasteiger partial charge in [-0.05, 0) is 76.7 Å². The zero-order valence-corrected chi connectivity index (χ0v) is 17.2. The van der Waals surface area contributed by atoms with Crippen LogP contribution in [0.15, 0.2) is 18.2 Å². The van der Waals surface area contributed by atoms with Crippen LogP contribution in [0.3, 0.4) is 0 Å². The van der Waals surface area contributed by atoms with Gasteiger partial charge in [0.25, 0.3) is 0 Å². The molecule has 0 unspecified atom stereocenters. The molecular weight excluding hydrogens is 354 g/mol. The standard InChI is InChI=1S/C18H29N3O2S2/c1-14-6-7-15(2)17(12-14)19-18(24)21(10-5-9-20(3)4)16-8-11-25(22,23)13-16/h6-7,12,16H,5,8-11,13H2,1-4H3,(H,19,24)/t16-/m0/s1. The van der Waals surface area contributed by atoms with E-state index in [4.69, 9.17) is 12.2 Å². The molecule has 1 aromatic rings. The Balaban J connectivity index is 2.12. The number of sulfone groups is 1. The number of nitrogens with one attached hydrogen (secondary N) is 1. The fourth-order valence-electron chi connectivity index (χ4n) is 3.09. The minimum Gasteiger partial charge on any atom is -0.345 e. The molecule has 1 atom stereocenters. The molecule has 0 spiro atoms. The molecule has 0 radical (unpaired) electrons.